The molecule has 3 heterocycles. The maximum atomic E-state index is 13.7. The maximum Gasteiger partial charge on any atom is 0.268 e. The normalized spacial score (nSPS) is 17.1. The van der Waals surface area contributed by atoms with Crippen LogP contribution in [0.5, 0.6) is 5.75 Å². The summed E-state index contributed by atoms with van der Waals surface area (Å²) in [7, 11) is 1.57. The Morgan fingerprint density at radius 1 is 1.22 bits per heavy atom. The van der Waals surface area contributed by atoms with E-state index >= 15 is 0 Å². The van der Waals surface area contributed by atoms with Crippen molar-refractivity contribution in [2.24, 2.45) is 11.8 Å². The first-order chi connectivity index (χ1) is 19.7. The van der Waals surface area contributed by atoms with Crippen molar-refractivity contribution in [3.05, 3.63) is 53.5 Å². The van der Waals surface area contributed by atoms with Crippen molar-refractivity contribution in [3.8, 4) is 11.8 Å². The lowest BCUT2D eigenvalue weighted by Gasteiger charge is -2.28. The highest BCUT2D eigenvalue weighted by molar-refractivity contribution is 6.01. The first-order valence-electron chi connectivity index (χ1n) is 14.0. The summed E-state index contributed by atoms with van der Waals surface area (Å²) in [6.45, 7) is 6.87. The molecule has 0 saturated carbocycles. The number of aromatic nitrogens is 2. The minimum atomic E-state index is -0.846. The number of nitriles is 1. The van der Waals surface area contributed by atoms with Crippen molar-refractivity contribution in [2.45, 2.75) is 64.7 Å². The average molecular weight is 562 g/mol. The molecule has 2 aromatic heterocycles. The van der Waals surface area contributed by atoms with Gasteiger partial charge in [0.25, 0.3) is 5.91 Å². The minimum absolute atomic E-state index is 0.0813. The monoisotopic (exact) mass is 561 g/mol. The lowest BCUT2D eigenvalue weighted by atomic mass is 9.93. The average Bonchev–Trinajstić information content (AvgIpc) is 3.67. The van der Waals surface area contributed by atoms with Crippen LogP contribution in [0.1, 0.15) is 54.9 Å². The summed E-state index contributed by atoms with van der Waals surface area (Å²) in [5.41, 5.74) is 3.03. The fraction of sp³-hybridized carbons (Fsp3) is 0.467. The van der Waals surface area contributed by atoms with Gasteiger partial charge in [0.05, 0.1) is 19.2 Å². The van der Waals surface area contributed by atoms with Gasteiger partial charge in [-0.05, 0) is 61.9 Å². The smallest absolute Gasteiger partial charge is 0.268 e. The van der Waals surface area contributed by atoms with E-state index < -0.39 is 29.9 Å². The van der Waals surface area contributed by atoms with Gasteiger partial charge in [-0.1, -0.05) is 19.9 Å². The summed E-state index contributed by atoms with van der Waals surface area (Å²) < 4.78 is 5.40. The van der Waals surface area contributed by atoms with Crippen LogP contribution in [-0.4, -0.2) is 59.5 Å². The van der Waals surface area contributed by atoms with Crippen LogP contribution in [-0.2, 0) is 16.1 Å². The lowest BCUT2D eigenvalue weighted by Crippen LogP contribution is -2.56. The number of amides is 3. The Kier molecular flexibility index (Phi) is 9.68. The van der Waals surface area contributed by atoms with Gasteiger partial charge in [0.15, 0.2) is 0 Å². The van der Waals surface area contributed by atoms with Crippen molar-refractivity contribution in [1.82, 2.24) is 31.2 Å². The third kappa shape index (κ3) is 7.46. The Hall–Kier alpha value is -4.30. The topological polar surface area (TPSA) is 164 Å². The van der Waals surface area contributed by atoms with Gasteiger partial charge in [-0.2, -0.15) is 5.26 Å². The quantitative estimate of drug-likeness (QED) is 0.188. The lowest BCUT2D eigenvalue weighted by molar-refractivity contribution is -0.126. The summed E-state index contributed by atoms with van der Waals surface area (Å²) in [5, 5.41) is 22.8. The molecule has 1 fully saturated rings. The molecule has 1 aliphatic rings. The number of hydrogen-bond donors (Lipinski definition) is 6. The number of H-pyrrole nitrogens is 2. The number of carbonyl (C=O) groups is 3. The number of methoxy groups -OCH3 is 1. The molecule has 3 aromatic rings. The molecule has 218 valence electrons. The van der Waals surface area contributed by atoms with Crippen molar-refractivity contribution in [1.29, 1.82) is 5.26 Å². The zero-order valence-electron chi connectivity index (χ0n) is 24.0. The van der Waals surface area contributed by atoms with Crippen LogP contribution >= 0.6 is 0 Å². The number of hydrogen-bond acceptors (Lipinski definition) is 6. The first kappa shape index (κ1) is 29.7. The van der Waals surface area contributed by atoms with Crippen molar-refractivity contribution < 1.29 is 19.1 Å². The molecule has 4 unspecified atom stereocenters. The van der Waals surface area contributed by atoms with Crippen LogP contribution in [0.3, 0.4) is 0 Å². The summed E-state index contributed by atoms with van der Waals surface area (Å²) in [4.78, 5) is 45.6. The Bertz CT molecular complexity index is 1420. The van der Waals surface area contributed by atoms with Crippen LogP contribution < -0.4 is 26.0 Å². The fourth-order valence-electron chi connectivity index (χ4n) is 5.27. The second-order valence-electron chi connectivity index (χ2n) is 11.1. The van der Waals surface area contributed by atoms with Gasteiger partial charge in [-0.3, -0.25) is 19.7 Å². The molecule has 11 nitrogen and oxygen atoms in total. The van der Waals surface area contributed by atoms with E-state index in [0.717, 1.165) is 22.2 Å². The van der Waals surface area contributed by atoms with Gasteiger partial charge in [-0.25, -0.2) is 0 Å². The van der Waals surface area contributed by atoms with E-state index in [1.807, 2.05) is 51.2 Å². The third-order valence-corrected chi connectivity index (χ3v) is 7.39. The number of nitrogens with zero attached hydrogens (tertiary/aromatic N) is 1. The zero-order chi connectivity index (χ0) is 29.5. The SMILES string of the molecule is COc1cccc2[nH]c(C(=O)NC(CC(C)C)C(=O)NC(CC3CCNC3=O)C(C#N)NCc3cc(C)c[nH]3)cc12. The molecule has 4 atom stereocenters. The number of aryl methyl sites for hydroxylation is 1. The second kappa shape index (κ2) is 13.4. The van der Waals surface area contributed by atoms with E-state index in [9.17, 15) is 19.6 Å². The van der Waals surface area contributed by atoms with E-state index in [-0.39, 0.29) is 17.7 Å². The van der Waals surface area contributed by atoms with Gasteiger partial charge in [-0.15, -0.1) is 0 Å². The number of fused-ring (bicyclic) bond motifs is 1. The molecule has 1 aromatic carbocycles. The van der Waals surface area contributed by atoms with Crippen LogP contribution in [0.25, 0.3) is 10.9 Å². The van der Waals surface area contributed by atoms with E-state index in [0.29, 0.717) is 43.8 Å². The molecule has 6 N–H and O–H groups in total. The molecule has 1 aliphatic heterocycles. The standard InChI is InChI=1S/C30H39N7O4/c1-17(2)10-24(37-30(40)25-13-21-22(35-25)6-5-7-27(21)41-4)29(39)36-23(12-19-8-9-32-28(19)38)26(14-31)34-16-20-11-18(3)15-33-20/h5-7,11,13,15,17,19,23-24,26,33-35H,8-10,12,16H2,1-4H3,(H,32,38)(H,36,39)(H,37,40). The predicted octanol–water partition coefficient (Wildman–Crippen LogP) is 2.65. The summed E-state index contributed by atoms with van der Waals surface area (Å²) in [5.74, 6) is -0.478. The van der Waals surface area contributed by atoms with Crippen molar-refractivity contribution >= 4 is 28.6 Å². The second-order valence-corrected chi connectivity index (χ2v) is 11.1. The largest absolute Gasteiger partial charge is 0.496 e. The Balaban J connectivity index is 1.51. The van der Waals surface area contributed by atoms with E-state index in [4.69, 9.17) is 4.74 Å². The summed E-state index contributed by atoms with van der Waals surface area (Å²) in [6.07, 6.45) is 3.21. The molecule has 41 heavy (non-hydrogen) atoms. The molecule has 0 aliphatic carbocycles. The van der Waals surface area contributed by atoms with Crippen LogP contribution in [0, 0.1) is 30.1 Å². The molecular formula is C30H39N7O4. The molecule has 4 rings (SSSR count). The number of rotatable bonds is 13. The van der Waals surface area contributed by atoms with Gasteiger partial charge in [0, 0.05) is 41.8 Å². The molecule has 0 radical (unpaired) electrons. The molecule has 0 spiro atoms. The number of benzene rings is 1. The number of nitrogens with one attached hydrogen (secondary N) is 6. The van der Waals surface area contributed by atoms with Crippen molar-refractivity contribution in [2.75, 3.05) is 13.7 Å². The van der Waals surface area contributed by atoms with Gasteiger partial charge in [0.2, 0.25) is 11.8 Å². The van der Waals surface area contributed by atoms with Gasteiger partial charge in [0.1, 0.15) is 23.5 Å². The fourth-order valence-corrected chi connectivity index (χ4v) is 5.27. The van der Waals surface area contributed by atoms with Gasteiger partial charge >= 0.3 is 0 Å². The Labute approximate surface area is 239 Å². The van der Waals surface area contributed by atoms with Crippen LogP contribution in [0.15, 0.2) is 36.5 Å². The van der Waals surface area contributed by atoms with Crippen molar-refractivity contribution in [3.63, 3.8) is 0 Å². The van der Waals surface area contributed by atoms with Crippen LogP contribution in [0.2, 0.25) is 0 Å². The van der Waals surface area contributed by atoms with E-state index in [2.05, 4.69) is 37.3 Å². The highest BCUT2D eigenvalue weighted by atomic mass is 16.5. The first-order valence-corrected chi connectivity index (χ1v) is 14.0. The summed E-state index contributed by atoms with van der Waals surface area (Å²) >= 11 is 0. The molecular weight excluding hydrogens is 522 g/mol. The molecule has 11 heteroatoms. The van der Waals surface area contributed by atoms with E-state index in [1.54, 1.807) is 13.2 Å². The summed E-state index contributed by atoms with van der Waals surface area (Å²) in [6, 6.07) is 9.19. The van der Waals surface area contributed by atoms with Gasteiger partial charge < -0.3 is 30.7 Å². The molecule has 0 bridgehead atoms. The zero-order valence-corrected chi connectivity index (χ0v) is 24.0. The third-order valence-electron chi connectivity index (χ3n) is 7.39. The highest BCUT2D eigenvalue weighted by Gasteiger charge is 2.34. The number of ether oxygens (including phenoxy) is 1. The maximum absolute atomic E-state index is 13.7. The Morgan fingerprint density at radius 3 is 2.66 bits per heavy atom. The molecule has 3 amide bonds. The Morgan fingerprint density at radius 2 is 2.02 bits per heavy atom. The minimum Gasteiger partial charge on any atom is -0.496 e. The van der Waals surface area contributed by atoms with E-state index in [1.165, 1.54) is 0 Å². The number of carbonyl (C=O) groups excluding carboxylic acids is 3. The predicted molar refractivity (Wildman–Crippen MR) is 155 cm³/mol. The van der Waals surface area contributed by atoms with Crippen LogP contribution in [0.4, 0.5) is 0 Å². The number of aromatic amines is 2. The highest BCUT2D eigenvalue weighted by Crippen LogP contribution is 2.26. The molecule has 1 saturated heterocycles.